The number of aromatic carboxylic acids is 1. The van der Waals surface area contributed by atoms with E-state index < -0.39 is 29.7 Å². The molecule has 1 aliphatic rings. The molecule has 0 bridgehead atoms. The highest BCUT2D eigenvalue weighted by atomic mass is 19.1. The highest BCUT2D eigenvalue weighted by Gasteiger charge is 2.29. The third kappa shape index (κ3) is 5.32. The fourth-order valence-electron chi connectivity index (χ4n) is 4.18. The molecule has 7 nitrogen and oxygen atoms in total. The topological polar surface area (TPSA) is 105 Å². The quantitative estimate of drug-likeness (QED) is 0.423. The molecule has 3 aromatic carbocycles. The zero-order valence-corrected chi connectivity index (χ0v) is 19.1. The van der Waals surface area contributed by atoms with E-state index in [9.17, 15) is 18.8 Å². The van der Waals surface area contributed by atoms with Crippen molar-refractivity contribution in [1.29, 1.82) is 0 Å². The molecular weight excluding hydrogens is 451 g/mol. The Balaban J connectivity index is 1.25. The Hall–Kier alpha value is -4.20. The lowest BCUT2D eigenvalue weighted by Gasteiger charge is -2.16. The van der Waals surface area contributed by atoms with E-state index in [1.807, 2.05) is 36.4 Å². The molecule has 35 heavy (non-hydrogen) atoms. The molecule has 0 spiro atoms. The Bertz CT molecular complexity index is 1230. The first-order valence-electron chi connectivity index (χ1n) is 11.3. The van der Waals surface area contributed by atoms with E-state index in [1.165, 1.54) is 12.1 Å². The van der Waals surface area contributed by atoms with E-state index in [2.05, 4.69) is 22.8 Å². The van der Waals surface area contributed by atoms with Gasteiger partial charge < -0.3 is 20.5 Å². The highest BCUT2D eigenvalue weighted by Crippen LogP contribution is 2.44. The van der Waals surface area contributed by atoms with Crippen LogP contribution in [-0.2, 0) is 9.53 Å². The standard InChI is InChI=1S/C27H25FN2O5/c1-16(25(31)30-24-11-10-17(26(32)33)14-23(24)28)12-13-29-27(34)35-15-22-20-8-4-2-6-18(20)19-7-3-5-9-21(19)22/h2-11,14,16,22H,12-13,15H2,1H3,(H,29,34)(H,30,31)(H,32,33). The van der Waals surface area contributed by atoms with Crippen molar-refractivity contribution in [2.24, 2.45) is 5.92 Å². The molecule has 0 saturated carbocycles. The van der Waals surface area contributed by atoms with Gasteiger partial charge in [-0.15, -0.1) is 0 Å². The summed E-state index contributed by atoms with van der Waals surface area (Å²) < 4.78 is 19.5. The van der Waals surface area contributed by atoms with Crippen molar-refractivity contribution in [2.75, 3.05) is 18.5 Å². The zero-order valence-electron chi connectivity index (χ0n) is 19.1. The number of halogens is 1. The van der Waals surface area contributed by atoms with Gasteiger partial charge in [-0.2, -0.15) is 0 Å². The number of carboxylic acid groups (broad SMARTS) is 1. The van der Waals surface area contributed by atoms with Crippen molar-refractivity contribution < 1.29 is 28.6 Å². The van der Waals surface area contributed by atoms with Crippen LogP contribution in [0.1, 0.15) is 40.7 Å². The maximum atomic E-state index is 14.0. The number of carboxylic acids is 1. The molecule has 180 valence electrons. The predicted octanol–water partition coefficient (Wildman–Crippen LogP) is 5.03. The number of fused-ring (bicyclic) bond motifs is 3. The number of amides is 2. The number of alkyl carbamates (subject to hydrolysis) is 1. The SMILES string of the molecule is CC(CCNC(=O)OCC1c2ccccc2-c2ccccc21)C(=O)Nc1ccc(C(=O)O)cc1F. The monoisotopic (exact) mass is 476 g/mol. The maximum Gasteiger partial charge on any atom is 0.407 e. The van der Waals surface area contributed by atoms with Gasteiger partial charge in [-0.05, 0) is 46.9 Å². The van der Waals surface area contributed by atoms with Crippen LogP contribution in [0.5, 0.6) is 0 Å². The highest BCUT2D eigenvalue weighted by molar-refractivity contribution is 5.93. The second kappa shape index (κ2) is 10.4. The van der Waals surface area contributed by atoms with Gasteiger partial charge in [-0.3, -0.25) is 4.79 Å². The molecule has 0 aliphatic heterocycles. The fourth-order valence-corrected chi connectivity index (χ4v) is 4.18. The van der Waals surface area contributed by atoms with Gasteiger partial charge in [0.15, 0.2) is 0 Å². The number of carbonyl (C=O) groups is 3. The first-order valence-corrected chi connectivity index (χ1v) is 11.3. The van der Waals surface area contributed by atoms with Gasteiger partial charge in [0.1, 0.15) is 12.4 Å². The number of anilines is 1. The van der Waals surface area contributed by atoms with Crippen molar-refractivity contribution in [1.82, 2.24) is 5.32 Å². The van der Waals surface area contributed by atoms with Crippen molar-refractivity contribution >= 4 is 23.7 Å². The molecular formula is C27H25FN2O5. The number of hydrogen-bond acceptors (Lipinski definition) is 4. The molecule has 0 fully saturated rings. The van der Waals surface area contributed by atoms with Crippen LogP contribution in [0.4, 0.5) is 14.9 Å². The second-order valence-electron chi connectivity index (χ2n) is 8.43. The average molecular weight is 477 g/mol. The lowest BCUT2D eigenvalue weighted by molar-refractivity contribution is -0.119. The van der Waals surface area contributed by atoms with Crippen LogP contribution < -0.4 is 10.6 Å². The molecule has 1 unspecified atom stereocenters. The molecule has 8 heteroatoms. The average Bonchev–Trinajstić information content (AvgIpc) is 3.17. The van der Waals surface area contributed by atoms with Gasteiger partial charge in [0.05, 0.1) is 11.3 Å². The van der Waals surface area contributed by atoms with Crippen LogP contribution in [0, 0.1) is 11.7 Å². The number of carbonyl (C=O) groups excluding carboxylic acids is 2. The number of benzene rings is 3. The van der Waals surface area contributed by atoms with E-state index in [0.717, 1.165) is 28.3 Å². The molecule has 4 rings (SSSR count). The van der Waals surface area contributed by atoms with Gasteiger partial charge in [-0.25, -0.2) is 14.0 Å². The minimum absolute atomic E-state index is 0.0414. The van der Waals surface area contributed by atoms with E-state index in [0.29, 0.717) is 6.42 Å². The number of rotatable bonds is 8. The summed E-state index contributed by atoms with van der Waals surface area (Å²) >= 11 is 0. The van der Waals surface area contributed by atoms with Crippen LogP contribution in [0.15, 0.2) is 66.7 Å². The van der Waals surface area contributed by atoms with E-state index in [-0.39, 0.29) is 30.3 Å². The van der Waals surface area contributed by atoms with E-state index in [1.54, 1.807) is 6.92 Å². The molecule has 0 heterocycles. The molecule has 1 aliphatic carbocycles. The summed E-state index contributed by atoms with van der Waals surface area (Å²) in [6, 6.07) is 19.4. The van der Waals surface area contributed by atoms with Crippen LogP contribution in [-0.4, -0.2) is 36.2 Å². The van der Waals surface area contributed by atoms with E-state index >= 15 is 0 Å². The first-order chi connectivity index (χ1) is 16.8. The van der Waals surface area contributed by atoms with Crippen molar-refractivity contribution in [3.8, 4) is 11.1 Å². The van der Waals surface area contributed by atoms with Gasteiger partial charge in [0.25, 0.3) is 0 Å². The van der Waals surface area contributed by atoms with E-state index in [4.69, 9.17) is 9.84 Å². The molecule has 0 radical (unpaired) electrons. The zero-order chi connectivity index (χ0) is 24.9. The first kappa shape index (κ1) is 23.9. The van der Waals surface area contributed by atoms with Crippen LogP contribution in [0.25, 0.3) is 11.1 Å². The summed E-state index contributed by atoms with van der Waals surface area (Å²) in [6.45, 7) is 2.05. The number of nitrogens with one attached hydrogen (secondary N) is 2. The van der Waals surface area contributed by atoms with Crippen molar-refractivity contribution in [2.45, 2.75) is 19.3 Å². The third-order valence-corrected chi connectivity index (χ3v) is 6.11. The van der Waals surface area contributed by atoms with Gasteiger partial charge in [-0.1, -0.05) is 55.5 Å². The summed E-state index contributed by atoms with van der Waals surface area (Å²) in [5.74, 6) is -3.10. The van der Waals surface area contributed by atoms with Crippen LogP contribution in [0.2, 0.25) is 0 Å². The smallest absolute Gasteiger partial charge is 0.407 e. The summed E-state index contributed by atoms with van der Waals surface area (Å²) in [5, 5.41) is 14.0. The van der Waals surface area contributed by atoms with Gasteiger partial charge in [0.2, 0.25) is 5.91 Å². The Morgan fingerprint density at radius 2 is 1.63 bits per heavy atom. The number of hydrogen-bond donors (Lipinski definition) is 3. The normalized spacial score (nSPS) is 12.9. The second-order valence-corrected chi connectivity index (χ2v) is 8.43. The Kier molecular flexibility index (Phi) is 7.10. The molecule has 3 N–H and O–H groups in total. The summed E-state index contributed by atoms with van der Waals surface area (Å²) in [5.41, 5.74) is 4.22. The Morgan fingerprint density at radius 3 is 2.23 bits per heavy atom. The molecule has 2 amide bonds. The Labute approximate surface area is 201 Å². The van der Waals surface area contributed by atoms with Crippen molar-refractivity contribution in [3.05, 3.63) is 89.2 Å². The predicted molar refractivity (Wildman–Crippen MR) is 129 cm³/mol. The molecule has 0 saturated heterocycles. The third-order valence-electron chi connectivity index (χ3n) is 6.11. The summed E-state index contributed by atoms with van der Waals surface area (Å²) in [7, 11) is 0. The molecule has 1 atom stereocenters. The maximum absolute atomic E-state index is 14.0. The lowest BCUT2D eigenvalue weighted by Crippen LogP contribution is -2.30. The van der Waals surface area contributed by atoms with Crippen LogP contribution in [0.3, 0.4) is 0 Å². The van der Waals surface area contributed by atoms with Gasteiger partial charge in [0, 0.05) is 18.4 Å². The minimum Gasteiger partial charge on any atom is -0.478 e. The summed E-state index contributed by atoms with van der Waals surface area (Å²) in [6.07, 6.45) is -0.264. The van der Waals surface area contributed by atoms with Crippen molar-refractivity contribution in [3.63, 3.8) is 0 Å². The van der Waals surface area contributed by atoms with Crippen LogP contribution >= 0.6 is 0 Å². The molecule has 3 aromatic rings. The fraction of sp³-hybridized carbons (Fsp3) is 0.222. The van der Waals surface area contributed by atoms with Gasteiger partial charge >= 0.3 is 12.1 Å². The largest absolute Gasteiger partial charge is 0.478 e. The summed E-state index contributed by atoms with van der Waals surface area (Å²) in [4.78, 5) is 35.5. The number of ether oxygens (including phenoxy) is 1. The minimum atomic E-state index is -1.26. The molecule has 0 aromatic heterocycles. The Morgan fingerprint density at radius 1 is 1.00 bits per heavy atom. The lowest BCUT2D eigenvalue weighted by atomic mass is 9.98.